The number of aliphatic hydroxyl groups is 1. The van der Waals surface area contributed by atoms with Crippen molar-refractivity contribution in [3.63, 3.8) is 0 Å². The molecule has 0 bridgehead atoms. The molecule has 0 amide bonds. The van der Waals surface area contributed by atoms with Gasteiger partial charge in [-0.25, -0.2) is 0 Å². The number of piperidine rings is 1. The number of hydrogen-bond acceptors (Lipinski definition) is 5. The van der Waals surface area contributed by atoms with Crippen LogP contribution in [0.1, 0.15) is 90.4 Å². The maximum atomic E-state index is 12.5. The first-order chi connectivity index (χ1) is 12.5. The highest BCUT2D eigenvalue weighted by atomic mass is 16.5. The highest BCUT2D eigenvalue weighted by Gasteiger charge is 2.48. The Kier molecular flexibility index (Phi) is 8.55. The van der Waals surface area contributed by atoms with Crippen LogP contribution in [0.3, 0.4) is 0 Å². The Labute approximate surface area is 158 Å². The van der Waals surface area contributed by atoms with E-state index in [0.29, 0.717) is 24.5 Å². The first kappa shape index (κ1) is 21.4. The van der Waals surface area contributed by atoms with Crippen molar-refractivity contribution in [2.75, 3.05) is 7.11 Å². The van der Waals surface area contributed by atoms with Crippen LogP contribution in [0.25, 0.3) is 0 Å². The van der Waals surface area contributed by atoms with Crippen LogP contribution in [0.4, 0.5) is 0 Å². The van der Waals surface area contributed by atoms with Gasteiger partial charge in [0.15, 0.2) is 0 Å². The Balaban J connectivity index is 1.70. The summed E-state index contributed by atoms with van der Waals surface area (Å²) >= 11 is 0. The van der Waals surface area contributed by atoms with Gasteiger partial charge in [-0.1, -0.05) is 39.0 Å². The number of nitrogens with one attached hydrogen (secondary N) is 1. The maximum Gasteiger partial charge on any atom is 0.305 e. The molecule has 0 aromatic carbocycles. The van der Waals surface area contributed by atoms with Crippen molar-refractivity contribution in [3.05, 3.63) is 0 Å². The zero-order valence-corrected chi connectivity index (χ0v) is 16.6. The minimum atomic E-state index is -0.764. The number of hydrogen-bond donors (Lipinski definition) is 2. The van der Waals surface area contributed by atoms with Crippen LogP contribution in [0.5, 0.6) is 0 Å². The average molecular weight is 368 g/mol. The molecule has 5 nitrogen and oxygen atoms in total. The molecule has 150 valence electrons. The van der Waals surface area contributed by atoms with Crippen molar-refractivity contribution < 1.29 is 19.4 Å². The third-order valence-electron chi connectivity index (χ3n) is 6.28. The zero-order valence-electron chi connectivity index (χ0n) is 16.6. The lowest BCUT2D eigenvalue weighted by atomic mass is 9.79. The van der Waals surface area contributed by atoms with Gasteiger partial charge in [0, 0.05) is 24.8 Å². The van der Waals surface area contributed by atoms with Crippen LogP contribution in [0.2, 0.25) is 0 Å². The van der Waals surface area contributed by atoms with Gasteiger partial charge in [-0.2, -0.15) is 0 Å². The standard InChI is InChI=1S/C21H37NO4/c1-3-4-9-13-21(25)14-12-16-17(19(23)15-18(16)22-21)10-7-5-6-8-11-20(24)26-2/h16-18,22,25H,3-15H2,1-2H3/t16-,17?,18-,21?/m1/s1. The molecule has 4 atom stereocenters. The Morgan fingerprint density at radius 2 is 2.00 bits per heavy atom. The monoisotopic (exact) mass is 367 g/mol. The molecule has 2 rings (SSSR count). The number of carbonyl (C=O) groups excluding carboxylic acids is 2. The lowest BCUT2D eigenvalue weighted by molar-refractivity contribution is -0.140. The Hall–Kier alpha value is -0.940. The quantitative estimate of drug-likeness (QED) is 0.430. The molecule has 5 heteroatoms. The third kappa shape index (κ3) is 6.05. The smallest absolute Gasteiger partial charge is 0.305 e. The minimum Gasteiger partial charge on any atom is -0.469 e. The Morgan fingerprint density at radius 3 is 2.73 bits per heavy atom. The average Bonchev–Trinajstić information content (AvgIpc) is 2.91. The predicted molar refractivity (Wildman–Crippen MR) is 102 cm³/mol. The molecule has 2 fully saturated rings. The molecule has 1 aliphatic heterocycles. The van der Waals surface area contributed by atoms with E-state index < -0.39 is 5.72 Å². The van der Waals surface area contributed by atoms with E-state index in [9.17, 15) is 14.7 Å². The number of unbranched alkanes of at least 4 members (excludes halogenated alkanes) is 5. The summed E-state index contributed by atoms with van der Waals surface area (Å²) in [6.45, 7) is 2.17. The van der Waals surface area contributed by atoms with E-state index in [1.807, 2.05) is 0 Å². The molecular formula is C21H37NO4. The number of fused-ring (bicyclic) bond motifs is 1. The highest BCUT2D eigenvalue weighted by Crippen LogP contribution is 2.42. The number of methoxy groups -OCH3 is 1. The topological polar surface area (TPSA) is 75.6 Å². The molecular weight excluding hydrogens is 330 g/mol. The summed E-state index contributed by atoms with van der Waals surface area (Å²) in [6.07, 6.45) is 11.9. The molecule has 1 saturated heterocycles. The van der Waals surface area contributed by atoms with Crippen molar-refractivity contribution >= 4 is 11.8 Å². The van der Waals surface area contributed by atoms with Gasteiger partial charge >= 0.3 is 5.97 Å². The maximum absolute atomic E-state index is 12.5. The molecule has 1 heterocycles. The Bertz CT molecular complexity index is 467. The largest absolute Gasteiger partial charge is 0.469 e. The van der Waals surface area contributed by atoms with Crippen LogP contribution in [-0.2, 0) is 14.3 Å². The first-order valence-electron chi connectivity index (χ1n) is 10.6. The summed E-state index contributed by atoms with van der Waals surface area (Å²) in [6, 6.07) is 0.159. The molecule has 1 aliphatic carbocycles. The van der Waals surface area contributed by atoms with Crippen LogP contribution in [0, 0.1) is 11.8 Å². The van der Waals surface area contributed by atoms with Crippen molar-refractivity contribution in [1.29, 1.82) is 0 Å². The van der Waals surface area contributed by atoms with Crippen molar-refractivity contribution in [1.82, 2.24) is 5.32 Å². The number of ether oxygens (including phenoxy) is 1. The van der Waals surface area contributed by atoms with Crippen LogP contribution in [-0.4, -0.2) is 35.7 Å². The SMILES string of the molecule is CCCCCC1(O)CC[C@@H]2C(CCCCCCC(=O)OC)C(=O)C[C@H]2N1. The second-order valence-electron chi connectivity index (χ2n) is 8.25. The molecule has 0 aromatic rings. The van der Waals surface area contributed by atoms with E-state index in [4.69, 9.17) is 0 Å². The van der Waals surface area contributed by atoms with E-state index >= 15 is 0 Å². The molecule has 1 saturated carbocycles. The Morgan fingerprint density at radius 1 is 1.23 bits per heavy atom. The van der Waals surface area contributed by atoms with Crippen LogP contribution < -0.4 is 5.32 Å². The number of esters is 1. The highest BCUT2D eigenvalue weighted by molar-refractivity contribution is 5.84. The molecule has 0 radical (unpaired) electrons. The van der Waals surface area contributed by atoms with Gasteiger partial charge in [0.2, 0.25) is 0 Å². The third-order valence-corrected chi connectivity index (χ3v) is 6.28. The van der Waals surface area contributed by atoms with Gasteiger partial charge in [0.1, 0.15) is 11.5 Å². The molecule has 2 aliphatic rings. The minimum absolute atomic E-state index is 0.140. The van der Waals surface area contributed by atoms with E-state index in [-0.39, 0.29) is 17.9 Å². The van der Waals surface area contributed by atoms with E-state index in [1.54, 1.807) is 0 Å². The summed E-state index contributed by atoms with van der Waals surface area (Å²) < 4.78 is 4.65. The molecule has 2 N–H and O–H groups in total. The van der Waals surface area contributed by atoms with Crippen molar-refractivity contribution in [3.8, 4) is 0 Å². The molecule has 0 spiro atoms. The van der Waals surface area contributed by atoms with E-state index in [1.165, 1.54) is 7.11 Å². The fraction of sp³-hybridized carbons (Fsp3) is 0.905. The summed E-state index contributed by atoms with van der Waals surface area (Å²) in [5.74, 6) is 0.788. The van der Waals surface area contributed by atoms with E-state index in [2.05, 4.69) is 17.0 Å². The lowest BCUT2D eigenvalue weighted by Crippen LogP contribution is -2.56. The summed E-state index contributed by atoms with van der Waals surface area (Å²) in [4.78, 5) is 23.6. The van der Waals surface area contributed by atoms with Gasteiger partial charge in [-0.05, 0) is 44.4 Å². The predicted octanol–water partition coefficient (Wildman–Crippen LogP) is 3.73. The fourth-order valence-corrected chi connectivity index (χ4v) is 4.75. The second kappa shape index (κ2) is 10.4. The van der Waals surface area contributed by atoms with Gasteiger partial charge < -0.3 is 9.84 Å². The number of rotatable bonds is 11. The molecule has 0 aromatic heterocycles. The first-order valence-corrected chi connectivity index (χ1v) is 10.6. The van der Waals surface area contributed by atoms with Crippen LogP contribution in [0.15, 0.2) is 0 Å². The normalized spacial score (nSPS) is 31.0. The van der Waals surface area contributed by atoms with Crippen molar-refractivity contribution in [2.45, 2.75) is 102 Å². The number of ketones is 1. The zero-order chi connectivity index (χ0) is 19.0. The van der Waals surface area contributed by atoms with Gasteiger partial charge in [-0.3, -0.25) is 14.9 Å². The van der Waals surface area contributed by atoms with Crippen LogP contribution >= 0.6 is 0 Å². The second-order valence-corrected chi connectivity index (χ2v) is 8.25. The fourth-order valence-electron chi connectivity index (χ4n) is 4.75. The van der Waals surface area contributed by atoms with E-state index in [0.717, 1.165) is 70.6 Å². The molecule has 2 unspecified atom stereocenters. The van der Waals surface area contributed by atoms with Gasteiger partial charge in [0.25, 0.3) is 0 Å². The number of carbonyl (C=O) groups is 2. The lowest BCUT2D eigenvalue weighted by Gasteiger charge is -2.41. The van der Waals surface area contributed by atoms with Gasteiger partial charge in [0.05, 0.1) is 7.11 Å². The van der Waals surface area contributed by atoms with Crippen molar-refractivity contribution in [2.24, 2.45) is 11.8 Å². The summed E-state index contributed by atoms with van der Waals surface area (Å²) in [5.41, 5.74) is -0.764. The van der Waals surface area contributed by atoms with Gasteiger partial charge in [-0.15, -0.1) is 0 Å². The molecule has 26 heavy (non-hydrogen) atoms. The summed E-state index contributed by atoms with van der Waals surface area (Å²) in [5, 5.41) is 14.2. The summed E-state index contributed by atoms with van der Waals surface area (Å²) in [7, 11) is 1.42. The number of Topliss-reactive ketones (excluding diaryl/α,β-unsaturated/α-hetero) is 1.